The van der Waals surface area contributed by atoms with E-state index in [1.807, 2.05) is 6.07 Å². The predicted molar refractivity (Wildman–Crippen MR) is 115 cm³/mol. The van der Waals surface area contributed by atoms with Crippen LogP contribution in [-0.4, -0.2) is 72.7 Å². The number of piperazine rings is 1. The zero-order chi connectivity index (χ0) is 25.3. The Balaban J connectivity index is 0.000000364. The van der Waals surface area contributed by atoms with Gasteiger partial charge >= 0.3 is 12.1 Å². The Bertz CT molecular complexity index is 1290. The van der Waals surface area contributed by atoms with Crippen LogP contribution >= 0.6 is 0 Å². The fourth-order valence-corrected chi connectivity index (χ4v) is 4.14. The molecule has 2 aliphatic heterocycles. The monoisotopic (exact) mass is 491 g/mol. The summed E-state index contributed by atoms with van der Waals surface area (Å²) >= 11 is 0. The van der Waals surface area contributed by atoms with Crippen molar-refractivity contribution < 1.29 is 27.9 Å². The van der Waals surface area contributed by atoms with E-state index in [9.17, 15) is 18.0 Å². The number of rotatable bonds is 3. The third kappa shape index (κ3) is 4.87. The molecule has 2 fully saturated rings. The number of aliphatic carboxylic acids is 1. The molecule has 0 spiro atoms. The van der Waals surface area contributed by atoms with Crippen molar-refractivity contribution in [3.63, 3.8) is 0 Å². The highest BCUT2D eigenvalue weighted by Gasteiger charge is 2.39. The van der Waals surface area contributed by atoms with Gasteiger partial charge in [-0.15, -0.1) is 5.10 Å². The van der Waals surface area contributed by atoms with Gasteiger partial charge in [-0.2, -0.15) is 23.5 Å². The SMILES string of the molecule is Cn1cc(NC(=O)c2ccc3cnc(N4C5CCC4CNC5)nn23)c(C#N)n1.O=C(O)C(F)(F)F. The second-order valence-corrected chi connectivity index (χ2v) is 8.00. The Morgan fingerprint density at radius 1 is 1.23 bits per heavy atom. The first-order chi connectivity index (χ1) is 16.6. The maximum absolute atomic E-state index is 12.8. The Morgan fingerprint density at radius 2 is 1.89 bits per heavy atom. The second kappa shape index (κ2) is 9.22. The number of anilines is 2. The molecule has 5 rings (SSSR count). The van der Waals surface area contributed by atoms with E-state index in [0.717, 1.165) is 31.4 Å². The van der Waals surface area contributed by atoms with Crippen molar-refractivity contribution in [2.45, 2.75) is 31.1 Å². The zero-order valence-electron chi connectivity index (χ0n) is 18.3. The van der Waals surface area contributed by atoms with Crippen LogP contribution in [0.5, 0.6) is 0 Å². The van der Waals surface area contributed by atoms with Gasteiger partial charge in [-0.25, -0.2) is 14.3 Å². The lowest BCUT2D eigenvalue weighted by Crippen LogP contribution is -2.52. The molecule has 0 aromatic carbocycles. The van der Waals surface area contributed by atoms with Gasteiger partial charge in [0.05, 0.1) is 17.4 Å². The van der Waals surface area contributed by atoms with Gasteiger partial charge in [0.15, 0.2) is 5.69 Å². The number of halogens is 3. The number of carboxylic acid groups (broad SMARTS) is 1. The molecule has 2 bridgehead atoms. The van der Waals surface area contributed by atoms with E-state index in [1.165, 1.54) is 4.68 Å². The van der Waals surface area contributed by atoms with Gasteiger partial charge in [-0.1, -0.05) is 0 Å². The maximum Gasteiger partial charge on any atom is 0.490 e. The van der Waals surface area contributed by atoms with E-state index in [0.29, 0.717) is 29.4 Å². The molecule has 2 unspecified atom stereocenters. The Morgan fingerprint density at radius 3 is 2.49 bits per heavy atom. The largest absolute Gasteiger partial charge is 0.490 e. The van der Waals surface area contributed by atoms with Crippen LogP contribution in [0.25, 0.3) is 5.52 Å². The van der Waals surface area contributed by atoms with Crippen LogP contribution in [0.2, 0.25) is 0 Å². The van der Waals surface area contributed by atoms with E-state index in [4.69, 9.17) is 15.2 Å². The number of alkyl halides is 3. The molecule has 0 radical (unpaired) electrons. The number of nitrogens with one attached hydrogen (secondary N) is 2. The lowest BCUT2D eigenvalue weighted by Gasteiger charge is -2.35. The van der Waals surface area contributed by atoms with Gasteiger partial charge in [0, 0.05) is 38.4 Å². The molecular weight excluding hydrogens is 471 g/mol. The molecule has 3 aromatic heterocycles. The normalized spacial score (nSPS) is 19.1. The highest BCUT2D eigenvalue weighted by molar-refractivity contribution is 6.04. The summed E-state index contributed by atoms with van der Waals surface area (Å²) in [5.74, 6) is -2.46. The summed E-state index contributed by atoms with van der Waals surface area (Å²) in [6.45, 7) is 1.85. The van der Waals surface area contributed by atoms with E-state index >= 15 is 0 Å². The zero-order valence-corrected chi connectivity index (χ0v) is 18.3. The van der Waals surface area contributed by atoms with Crippen molar-refractivity contribution in [2.24, 2.45) is 7.05 Å². The summed E-state index contributed by atoms with van der Waals surface area (Å²) in [5, 5.41) is 31.2. The standard InChI is InChI=1S/C18H19N9O.C2HF3O2/c1-25-10-15(14(6-19)23-25)22-17(28)16-5-4-13-9-21-18(24-27(13)16)26-11-2-3-12(26)8-20-7-11;3-2(4,5)1(6)7/h4-5,9-12,20H,2-3,7-8H2,1H3,(H,22,28);(H,6,7). The molecule has 5 heterocycles. The predicted octanol–water partition coefficient (Wildman–Crippen LogP) is 1.16. The summed E-state index contributed by atoms with van der Waals surface area (Å²) in [4.78, 5) is 28.5. The number of carbonyl (C=O) groups is 2. The minimum atomic E-state index is -5.08. The van der Waals surface area contributed by atoms with Crippen molar-refractivity contribution in [1.82, 2.24) is 29.7 Å². The summed E-state index contributed by atoms with van der Waals surface area (Å²) < 4.78 is 34.8. The summed E-state index contributed by atoms with van der Waals surface area (Å²) in [7, 11) is 1.70. The van der Waals surface area contributed by atoms with Crippen molar-refractivity contribution in [2.75, 3.05) is 23.3 Å². The van der Waals surface area contributed by atoms with E-state index in [2.05, 4.69) is 30.7 Å². The number of fused-ring (bicyclic) bond motifs is 3. The van der Waals surface area contributed by atoms with Crippen LogP contribution in [0.1, 0.15) is 29.0 Å². The molecule has 2 aliphatic rings. The van der Waals surface area contributed by atoms with Crippen molar-refractivity contribution in [1.29, 1.82) is 5.26 Å². The van der Waals surface area contributed by atoms with Gasteiger partial charge in [0.1, 0.15) is 11.8 Å². The number of aryl methyl sites for hydroxylation is 1. The molecule has 0 saturated carbocycles. The van der Waals surface area contributed by atoms with Gasteiger partial charge in [-0.05, 0) is 25.0 Å². The quantitative estimate of drug-likeness (QED) is 0.490. The molecule has 184 valence electrons. The average molecular weight is 491 g/mol. The molecule has 1 amide bonds. The first-order valence-electron chi connectivity index (χ1n) is 10.5. The number of nitrogens with zero attached hydrogens (tertiary/aromatic N) is 7. The number of hydrogen-bond donors (Lipinski definition) is 3. The minimum Gasteiger partial charge on any atom is -0.475 e. The molecular formula is C20H20F3N9O3. The maximum atomic E-state index is 12.8. The molecule has 12 nitrogen and oxygen atoms in total. The Hall–Kier alpha value is -4.19. The average Bonchev–Trinajstić information content (AvgIpc) is 3.45. The molecule has 3 N–H and O–H groups in total. The number of amides is 1. The third-order valence-electron chi connectivity index (χ3n) is 5.66. The molecule has 3 aromatic rings. The number of hydrogen-bond acceptors (Lipinski definition) is 8. The fraction of sp³-hybridized carbons (Fsp3) is 0.400. The van der Waals surface area contributed by atoms with Crippen LogP contribution in [-0.2, 0) is 11.8 Å². The van der Waals surface area contributed by atoms with Gasteiger partial charge < -0.3 is 20.6 Å². The van der Waals surface area contributed by atoms with Gasteiger partial charge in [0.2, 0.25) is 5.95 Å². The lowest BCUT2D eigenvalue weighted by atomic mass is 10.2. The van der Waals surface area contributed by atoms with Crippen LogP contribution in [0.3, 0.4) is 0 Å². The first kappa shape index (κ1) is 24.0. The van der Waals surface area contributed by atoms with E-state index < -0.39 is 12.1 Å². The summed E-state index contributed by atoms with van der Waals surface area (Å²) in [6, 6.07) is 6.27. The molecule has 2 saturated heterocycles. The van der Waals surface area contributed by atoms with Gasteiger partial charge in [-0.3, -0.25) is 9.48 Å². The van der Waals surface area contributed by atoms with Crippen molar-refractivity contribution >= 4 is 29.0 Å². The third-order valence-corrected chi connectivity index (χ3v) is 5.66. The van der Waals surface area contributed by atoms with Crippen LogP contribution < -0.4 is 15.5 Å². The molecule has 35 heavy (non-hydrogen) atoms. The van der Waals surface area contributed by atoms with Crippen molar-refractivity contribution in [3.05, 3.63) is 35.9 Å². The van der Waals surface area contributed by atoms with E-state index in [1.54, 1.807) is 36.1 Å². The highest BCUT2D eigenvalue weighted by atomic mass is 19.4. The highest BCUT2D eigenvalue weighted by Crippen LogP contribution is 2.30. The smallest absolute Gasteiger partial charge is 0.475 e. The number of nitriles is 1. The van der Waals surface area contributed by atoms with E-state index in [-0.39, 0.29) is 11.6 Å². The Kier molecular flexibility index (Phi) is 6.31. The molecule has 2 atom stereocenters. The number of aromatic nitrogens is 5. The fourth-order valence-electron chi connectivity index (χ4n) is 4.14. The lowest BCUT2D eigenvalue weighted by molar-refractivity contribution is -0.192. The Labute approximate surface area is 195 Å². The minimum absolute atomic E-state index is 0.171. The first-order valence-corrected chi connectivity index (χ1v) is 10.5. The van der Waals surface area contributed by atoms with Crippen LogP contribution in [0.4, 0.5) is 24.8 Å². The van der Waals surface area contributed by atoms with Crippen LogP contribution in [0, 0.1) is 11.3 Å². The van der Waals surface area contributed by atoms with Crippen LogP contribution in [0.15, 0.2) is 24.5 Å². The summed E-state index contributed by atoms with van der Waals surface area (Å²) in [6.07, 6.45) is 0.502. The van der Waals surface area contributed by atoms with Gasteiger partial charge in [0.25, 0.3) is 5.91 Å². The number of carbonyl (C=O) groups excluding carboxylic acids is 1. The topological polar surface area (TPSA) is 153 Å². The summed E-state index contributed by atoms with van der Waals surface area (Å²) in [5.41, 5.74) is 1.67. The number of carboxylic acids is 1. The molecule has 0 aliphatic carbocycles. The second-order valence-electron chi connectivity index (χ2n) is 8.00. The van der Waals surface area contributed by atoms with Crippen molar-refractivity contribution in [3.8, 4) is 6.07 Å². The molecule has 15 heteroatoms.